The summed E-state index contributed by atoms with van der Waals surface area (Å²) in [6.07, 6.45) is 4.01. The third kappa shape index (κ3) is 2.40. The predicted molar refractivity (Wildman–Crippen MR) is 81.0 cm³/mol. The molecule has 4 nitrogen and oxygen atoms in total. The second-order valence-corrected chi connectivity index (χ2v) is 6.36. The molecule has 0 amide bonds. The number of hydrogen-bond donors (Lipinski definition) is 2. The fraction of sp³-hybridized carbons (Fsp3) is 0.562. The summed E-state index contributed by atoms with van der Waals surface area (Å²) < 4.78 is 5.31. The Morgan fingerprint density at radius 1 is 1.43 bits per heavy atom. The second kappa shape index (κ2) is 5.50. The highest BCUT2D eigenvalue weighted by molar-refractivity contribution is 6.33. The highest BCUT2D eigenvalue weighted by atomic mass is 35.5. The lowest BCUT2D eigenvalue weighted by Gasteiger charge is -2.44. The zero-order chi connectivity index (χ0) is 15.0. The van der Waals surface area contributed by atoms with Gasteiger partial charge < -0.3 is 15.2 Å². The average Bonchev–Trinajstić information content (AvgIpc) is 2.49. The van der Waals surface area contributed by atoms with Gasteiger partial charge in [-0.05, 0) is 49.3 Å². The number of carboxylic acids is 1. The van der Waals surface area contributed by atoms with Crippen LogP contribution in [0, 0.1) is 5.92 Å². The number of fused-ring (bicyclic) bond motifs is 2. The number of halogens is 1. The van der Waals surface area contributed by atoms with Crippen molar-refractivity contribution in [3.8, 4) is 5.75 Å². The molecule has 0 bridgehead atoms. The Hall–Kier alpha value is -1.26. The Morgan fingerprint density at radius 2 is 2.14 bits per heavy atom. The molecule has 1 fully saturated rings. The number of carbonyl (C=O) groups is 1. The van der Waals surface area contributed by atoms with Gasteiger partial charge in [0, 0.05) is 12.1 Å². The van der Waals surface area contributed by atoms with Crippen molar-refractivity contribution in [1.82, 2.24) is 5.32 Å². The minimum atomic E-state index is -0.673. The molecule has 114 valence electrons. The van der Waals surface area contributed by atoms with Gasteiger partial charge in [-0.25, -0.2) is 0 Å². The van der Waals surface area contributed by atoms with Crippen molar-refractivity contribution in [1.29, 1.82) is 0 Å². The highest BCUT2D eigenvalue weighted by Gasteiger charge is 2.42. The first-order valence-electron chi connectivity index (χ1n) is 7.41. The molecule has 1 aliphatic heterocycles. The summed E-state index contributed by atoms with van der Waals surface area (Å²) in [5.41, 5.74) is 2.27. The maximum atomic E-state index is 11.2. The summed E-state index contributed by atoms with van der Waals surface area (Å²) in [6, 6.07) is 4.01. The van der Waals surface area contributed by atoms with E-state index in [-0.39, 0.29) is 11.5 Å². The van der Waals surface area contributed by atoms with Crippen molar-refractivity contribution in [3.63, 3.8) is 0 Å². The Labute approximate surface area is 129 Å². The normalized spacial score (nSPS) is 28.2. The van der Waals surface area contributed by atoms with Gasteiger partial charge in [-0.3, -0.25) is 4.79 Å². The van der Waals surface area contributed by atoms with Gasteiger partial charge in [0.15, 0.2) is 0 Å². The van der Waals surface area contributed by atoms with Gasteiger partial charge in [-0.15, -0.1) is 0 Å². The van der Waals surface area contributed by atoms with Gasteiger partial charge >= 0.3 is 5.97 Å². The van der Waals surface area contributed by atoms with Crippen LogP contribution in [-0.2, 0) is 16.8 Å². The van der Waals surface area contributed by atoms with E-state index in [0.717, 1.165) is 31.4 Å². The number of methoxy groups -OCH3 is 1. The third-order valence-electron chi connectivity index (χ3n) is 4.97. The van der Waals surface area contributed by atoms with E-state index in [1.54, 1.807) is 7.11 Å². The van der Waals surface area contributed by atoms with Crippen LogP contribution in [0.3, 0.4) is 0 Å². The molecule has 1 saturated carbocycles. The quantitative estimate of drug-likeness (QED) is 0.882. The summed E-state index contributed by atoms with van der Waals surface area (Å²) in [5, 5.41) is 13.5. The van der Waals surface area contributed by atoms with Crippen molar-refractivity contribution in [2.45, 2.75) is 37.6 Å². The molecule has 0 atom stereocenters. The standard InChI is InChI=1S/C16H20ClNO3/c1-21-13-3-2-12-11(14(13)17)6-9-18-16(12)7-4-10(5-8-16)15(19)20/h2-3,10,18H,4-9H2,1H3,(H,19,20)/t10-,16-. The minimum absolute atomic E-state index is 0.116. The maximum Gasteiger partial charge on any atom is 0.306 e. The van der Waals surface area contributed by atoms with Crippen LogP contribution >= 0.6 is 11.6 Å². The molecule has 1 aliphatic carbocycles. The molecule has 0 unspecified atom stereocenters. The second-order valence-electron chi connectivity index (χ2n) is 5.98. The van der Waals surface area contributed by atoms with Gasteiger partial charge in [-0.1, -0.05) is 17.7 Å². The van der Waals surface area contributed by atoms with Crippen LogP contribution in [-0.4, -0.2) is 24.7 Å². The molecule has 0 radical (unpaired) electrons. The monoisotopic (exact) mass is 309 g/mol. The number of ether oxygens (including phenoxy) is 1. The first-order chi connectivity index (χ1) is 10.1. The van der Waals surface area contributed by atoms with Gasteiger partial charge in [0.25, 0.3) is 0 Å². The van der Waals surface area contributed by atoms with E-state index in [9.17, 15) is 9.90 Å². The van der Waals surface area contributed by atoms with Crippen LogP contribution in [0.5, 0.6) is 5.75 Å². The topological polar surface area (TPSA) is 58.6 Å². The van der Waals surface area contributed by atoms with Crippen LogP contribution in [0.2, 0.25) is 5.02 Å². The number of benzene rings is 1. The highest BCUT2D eigenvalue weighted by Crippen LogP contribution is 2.45. The predicted octanol–water partition coefficient (Wildman–Crippen LogP) is 2.96. The van der Waals surface area contributed by atoms with Crippen LogP contribution in [0.4, 0.5) is 0 Å². The van der Waals surface area contributed by atoms with Crippen molar-refractivity contribution >= 4 is 17.6 Å². The number of rotatable bonds is 2. The van der Waals surface area contributed by atoms with E-state index in [4.69, 9.17) is 16.3 Å². The summed E-state index contributed by atoms with van der Waals surface area (Å²) in [4.78, 5) is 11.2. The zero-order valence-corrected chi connectivity index (χ0v) is 12.9. The number of nitrogens with one attached hydrogen (secondary N) is 1. The zero-order valence-electron chi connectivity index (χ0n) is 12.1. The van der Waals surface area contributed by atoms with Crippen molar-refractivity contribution in [2.24, 2.45) is 5.92 Å². The van der Waals surface area contributed by atoms with Crippen LogP contribution in [0.15, 0.2) is 12.1 Å². The van der Waals surface area contributed by atoms with Crippen molar-refractivity contribution in [2.75, 3.05) is 13.7 Å². The lowest BCUT2D eigenvalue weighted by Crippen LogP contribution is -2.50. The van der Waals surface area contributed by atoms with E-state index >= 15 is 0 Å². The molecular weight excluding hydrogens is 290 g/mol. The molecule has 1 aromatic rings. The molecule has 0 saturated heterocycles. The minimum Gasteiger partial charge on any atom is -0.495 e. The maximum absolute atomic E-state index is 11.2. The molecule has 2 aliphatic rings. The Kier molecular flexibility index (Phi) is 3.84. The fourth-order valence-corrected chi connectivity index (χ4v) is 4.11. The van der Waals surface area contributed by atoms with E-state index in [1.807, 2.05) is 6.07 Å². The smallest absolute Gasteiger partial charge is 0.306 e. The van der Waals surface area contributed by atoms with Gasteiger partial charge in [0.2, 0.25) is 0 Å². The largest absolute Gasteiger partial charge is 0.495 e. The van der Waals surface area contributed by atoms with E-state index in [2.05, 4.69) is 11.4 Å². The molecule has 1 heterocycles. The lowest BCUT2D eigenvalue weighted by molar-refractivity contribution is -0.143. The van der Waals surface area contributed by atoms with Crippen molar-refractivity contribution < 1.29 is 14.6 Å². The average molecular weight is 310 g/mol. The first-order valence-corrected chi connectivity index (χ1v) is 7.79. The van der Waals surface area contributed by atoms with E-state index < -0.39 is 5.97 Å². The molecule has 3 rings (SSSR count). The van der Waals surface area contributed by atoms with Crippen molar-refractivity contribution in [3.05, 3.63) is 28.3 Å². The van der Waals surface area contributed by atoms with E-state index in [1.165, 1.54) is 5.56 Å². The first kappa shape index (κ1) is 14.7. The summed E-state index contributed by atoms with van der Waals surface area (Å²) in [7, 11) is 1.63. The molecular formula is C16H20ClNO3. The Balaban J connectivity index is 1.95. The van der Waals surface area contributed by atoms with Gasteiger partial charge in [0.1, 0.15) is 5.75 Å². The molecule has 2 N–H and O–H groups in total. The number of aliphatic carboxylic acids is 1. The molecule has 1 spiro atoms. The van der Waals surface area contributed by atoms with Gasteiger partial charge in [0.05, 0.1) is 18.1 Å². The van der Waals surface area contributed by atoms with Crippen LogP contribution < -0.4 is 10.1 Å². The molecule has 21 heavy (non-hydrogen) atoms. The summed E-state index contributed by atoms with van der Waals surface area (Å²) in [5.74, 6) is -0.170. The number of carboxylic acid groups (broad SMARTS) is 1. The molecule has 0 aromatic heterocycles. The van der Waals surface area contributed by atoms with E-state index in [0.29, 0.717) is 23.6 Å². The number of hydrogen-bond acceptors (Lipinski definition) is 3. The van der Waals surface area contributed by atoms with Crippen LogP contribution in [0.1, 0.15) is 36.8 Å². The summed E-state index contributed by atoms with van der Waals surface area (Å²) in [6.45, 7) is 0.873. The summed E-state index contributed by atoms with van der Waals surface area (Å²) >= 11 is 6.46. The third-order valence-corrected chi connectivity index (χ3v) is 5.38. The molecule has 5 heteroatoms. The van der Waals surface area contributed by atoms with Gasteiger partial charge in [-0.2, -0.15) is 0 Å². The SMILES string of the molecule is COc1ccc2c(c1Cl)CCN[C@]21CC[C@H](C(=O)O)CC1. The van der Waals surface area contributed by atoms with Crippen LogP contribution in [0.25, 0.3) is 0 Å². The Morgan fingerprint density at radius 3 is 2.76 bits per heavy atom. The lowest BCUT2D eigenvalue weighted by atomic mass is 9.69. The fourth-order valence-electron chi connectivity index (χ4n) is 3.78. The molecule has 1 aromatic carbocycles. The Bertz CT molecular complexity index is 565.